The van der Waals surface area contributed by atoms with Crippen molar-refractivity contribution in [2.45, 2.75) is 38.5 Å². The molecule has 0 bridgehead atoms. The summed E-state index contributed by atoms with van der Waals surface area (Å²) in [4.78, 5) is 2.51. The SMILES string of the molecule is CC1(C)c2ccccc2-c2ccc(N(c3ccccc3-c3ccccc3)c3cc4c(c5oc6ccccc6c35)-c3ccccc3C4(C)C)cc21. The summed E-state index contributed by atoms with van der Waals surface area (Å²) in [5.74, 6) is 0. The Morgan fingerprint density at radius 3 is 1.86 bits per heavy atom. The molecule has 0 atom stereocenters. The lowest BCUT2D eigenvalue weighted by Gasteiger charge is -2.31. The molecule has 0 saturated heterocycles. The standard InChI is InChI=1S/C48H37NO/c1-47(2)37-22-12-8-19-33(37)34-27-26-31(28-39(34)47)49(41-24-14-10-18-32(41)30-16-6-5-7-17-30)42-29-40-44(35-20-9-13-23-38(35)48(40,3)4)46-45(42)36-21-11-15-25-43(36)50-46/h5-29H,1-4H3. The van der Waals surface area contributed by atoms with Crippen LogP contribution in [0.5, 0.6) is 0 Å². The van der Waals surface area contributed by atoms with Gasteiger partial charge in [-0.05, 0) is 74.8 Å². The number of hydrogen-bond donors (Lipinski definition) is 0. The summed E-state index contributed by atoms with van der Waals surface area (Å²) < 4.78 is 6.95. The van der Waals surface area contributed by atoms with Crippen molar-refractivity contribution in [2.24, 2.45) is 0 Å². The number of hydrogen-bond acceptors (Lipinski definition) is 2. The zero-order chi connectivity index (χ0) is 33.8. The van der Waals surface area contributed by atoms with Gasteiger partial charge in [-0.3, -0.25) is 0 Å². The number of anilines is 3. The van der Waals surface area contributed by atoms with E-state index in [1.165, 1.54) is 55.6 Å². The maximum absolute atomic E-state index is 6.95. The second-order valence-corrected chi connectivity index (χ2v) is 14.9. The van der Waals surface area contributed by atoms with Crippen LogP contribution in [0.1, 0.15) is 49.9 Å². The summed E-state index contributed by atoms with van der Waals surface area (Å²) in [6, 6.07) is 55.5. The minimum atomic E-state index is -0.208. The monoisotopic (exact) mass is 643 g/mol. The third-order valence-corrected chi connectivity index (χ3v) is 11.5. The molecule has 2 aliphatic rings. The van der Waals surface area contributed by atoms with Crippen LogP contribution in [0.3, 0.4) is 0 Å². The van der Waals surface area contributed by atoms with Gasteiger partial charge in [0.1, 0.15) is 11.2 Å². The van der Waals surface area contributed by atoms with Gasteiger partial charge in [-0.1, -0.05) is 149 Å². The molecule has 240 valence electrons. The lowest BCUT2D eigenvalue weighted by Crippen LogP contribution is -2.18. The first-order valence-corrected chi connectivity index (χ1v) is 17.6. The molecule has 0 N–H and O–H groups in total. The Balaban J connectivity index is 1.33. The third-order valence-electron chi connectivity index (χ3n) is 11.5. The van der Waals surface area contributed by atoms with Crippen molar-refractivity contribution in [1.82, 2.24) is 0 Å². The number of rotatable bonds is 4. The number of fused-ring (bicyclic) bond motifs is 10. The summed E-state index contributed by atoms with van der Waals surface area (Å²) >= 11 is 0. The zero-order valence-corrected chi connectivity index (χ0v) is 28.8. The first kappa shape index (κ1) is 29.1. The van der Waals surface area contributed by atoms with E-state index in [4.69, 9.17) is 4.42 Å². The quantitative estimate of drug-likeness (QED) is 0.190. The Morgan fingerprint density at radius 2 is 1.06 bits per heavy atom. The van der Waals surface area contributed by atoms with Gasteiger partial charge in [0.2, 0.25) is 0 Å². The Kier molecular flexibility index (Phi) is 6.01. The highest BCUT2D eigenvalue weighted by Crippen LogP contribution is 2.57. The maximum Gasteiger partial charge on any atom is 0.145 e. The molecular weight excluding hydrogens is 607 g/mol. The topological polar surface area (TPSA) is 16.4 Å². The molecule has 0 spiro atoms. The van der Waals surface area contributed by atoms with Crippen LogP contribution in [-0.2, 0) is 10.8 Å². The normalized spacial score (nSPS) is 14.7. The van der Waals surface area contributed by atoms with Gasteiger partial charge in [0.15, 0.2) is 0 Å². The molecule has 1 heterocycles. The van der Waals surface area contributed by atoms with Crippen molar-refractivity contribution in [3.8, 4) is 33.4 Å². The minimum absolute atomic E-state index is 0.133. The van der Waals surface area contributed by atoms with Gasteiger partial charge in [-0.25, -0.2) is 0 Å². The van der Waals surface area contributed by atoms with Gasteiger partial charge in [0, 0.05) is 33.0 Å². The van der Waals surface area contributed by atoms with Crippen molar-refractivity contribution >= 4 is 39.0 Å². The van der Waals surface area contributed by atoms with Gasteiger partial charge in [0.05, 0.1) is 16.8 Å². The van der Waals surface area contributed by atoms with Crippen LogP contribution < -0.4 is 4.90 Å². The summed E-state index contributed by atoms with van der Waals surface area (Å²) in [5, 5.41) is 2.26. The Labute approximate surface area is 293 Å². The lowest BCUT2D eigenvalue weighted by molar-refractivity contribution is 0.653. The molecular formula is C48H37NO. The van der Waals surface area contributed by atoms with Crippen molar-refractivity contribution < 1.29 is 4.42 Å². The average Bonchev–Trinajstić information content (AvgIpc) is 3.73. The third kappa shape index (κ3) is 3.91. The van der Waals surface area contributed by atoms with Crippen LogP contribution in [-0.4, -0.2) is 0 Å². The van der Waals surface area contributed by atoms with Crippen molar-refractivity contribution in [1.29, 1.82) is 0 Å². The van der Waals surface area contributed by atoms with Gasteiger partial charge < -0.3 is 9.32 Å². The minimum Gasteiger partial charge on any atom is -0.455 e. The van der Waals surface area contributed by atoms with Crippen molar-refractivity contribution in [2.75, 3.05) is 4.90 Å². The fourth-order valence-electron chi connectivity index (χ4n) is 8.98. The molecule has 10 rings (SSSR count). The highest BCUT2D eigenvalue weighted by Gasteiger charge is 2.40. The fourth-order valence-corrected chi connectivity index (χ4v) is 8.98. The van der Waals surface area contributed by atoms with Crippen LogP contribution in [0.4, 0.5) is 17.1 Å². The van der Waals surface area contributed by atoms with Crippen LogP contribution >= 0.6 is 0 Å². The second-order valence-electron chi connectivity index (χ2n) is 14.9. The molecule has 7 aromatic carbocycles. The van der Waals surface area contributed by atoms with Gasteiger partial charge in [-0.15, -0.1) is 0 Å². The Bertz CT molecular complexity index is 2660. The number of benzene rings is 7. The molecule has 0 radical (unpaired) electrons. The molecule has 2 heteroatoms. The van der Waals surface area contributed by atoms with E-state index in [9.17, 15) is 0 Å². The highest BCUT2D eigenvalue weighted by atomic mass is 16.3. The van der Waals surface area contributed by atoms with Gasteiger partial charge in [0.25, 0.3) is 0 Å². The van der Waals surface area contributed by atoms with E-state index >= 15 is 0 Å². The van der Waals surface area contributed by atoms with E-state index < -0.39 is 0 Å². The zero-order valence-electron chi connectivity index (χ0n) is 28.8. The molecule has 0 saturated carbocycles. The van der Waals surface area contributed by atoms with E-state index in [0.29, 0.717) is 0 Å². The van der Waals surface area contributed by atoms with Gasteiger partial charge >= 0.3 is 0 Å². The first-order chi connectivity index (χ1) is 24.3. The average molecular weight is 644 g/mol. The Hall–Kier alpha value is -5.86. The number of para-hydroxylation sites is 2. The van der Waals surface area contributed by atoms with Crippen LogP contribution in [0, 0.1) is 0 Å². The van der Waals surface area contributed by atoms with Crippen molar-refractivity contribution in [3.05, 3.63) is 174 Å². The second kappa shape index (κ2) is 10.3. The molecule has 0 fully saturated rings. The summed E-state index contributed by atoms with van der Waals surface area (Å²) in [6.07, 6.45) is 0. The molecule has 0 amide bonds. The number of nitrogens with zero attached hydrogens (tertiary/aromatic N) is 1. The lowest BCUT2D eigenvalue weighted by atomic mass is 9.81. The molecule has 1 aromatic heterocycles. The van der Waals surface area contributed by atoms with Crippen molar-refractivity contribution in [3.63, 3.8) is 0 Å². The molecule has 0 aliphatic heterocycles. The summed E-state index contributed by atoms with van der Waals surface area (Å²) in [5.41, 5.74) is 17.7. The van der Waals surface area contributed by atoms with Gasteiger partial charge in [-0.2, -0.15) is 0 Å². The van der Waals surface area contributed by atoms with E-state index in [0.717, 1.165) is 39.0 Å². The highest BCUT2D eigenvalue weighted by molar-refractivity contribution is 6.19. The first-order valence-electron chi connectivity index (χ1n) is 17.6. The molecule has 50 heavy (non-hydrogen) atoms. The predicted octanol–water partition coefficient (Wildman–Crippen LogP) is 13.3. The smallest absolute Gasteiger partial charge is 0.145 e. The summed E-state index contributed by atoms with van der Waals surface area (Å²) in [7, 11) is 0. The predicted molar refractivity (Wildman–Crippen MR) is 209 cm³/mol. The van der Waals surface area contributed by atoms with E-state index in [2.05, 4.69) is 184 Å². The fraction of sp³-hybridized carbons (Fsp3) is 0.125. The van der Waals surface area contributed by atoms with E-state index in [1.807, 2.05) is 0 Å². The molecule has 2 aliphatic carbocycles. The van der Waals surface area contributed by atoms with E-state index in [-0.39, 0.29) is 10.8 Å². The molecule has 2 nitrogen and oxygen atoms in total. The molecule has 8 aromatic rings. The summed E-state index contributed by atoms with van der Waals surface area (Å²) in [6.45, 7) is 9.43. The number of furan rings is 1. The van der Waals surface area contributed by atoms with Crippen LogP contribution in [0.15, 0.2) is 156 Å². The maximum atomic E-state index is 6.95. The van der Waals surface area contributed by atoms with E-state index in [1.54, 1.807) is 0 Å². The Morgan fingerprint density at radius 1 is 0.460 bits per heavy atom. The largest absolute Gasteiger partial charge is 0.455 e. The van der Waals surface area contributed by atoms with Crippen LogP contribution in [0.25, 0.3) is 55.3 Å². The van der Waals surface area contributed by atoms with Crippen LogP contribution in [0.2, 0.25) is 0 Å². The molecule has 0 unspecified atom stereocenters.